The lowest BCUT2D eigenvalue weighted by Gasteiger charge is -2.14. The van der Waals surface area contributed by atoms with Crippen molar-refractivity contribution in [3.8, 4) is 0 Å². The smallest absolute Gasteiger partial charge is 0.151 e. The van der Waals surface area contributed by atoms with Crippen LogP contribution in [-0.4, -0.2) is 24.4 Å². The standard InChI is InChI=1S/C12H15BrFNO2/c13-9-4-8(7-16)12(14)11(5-9)15-6-10-2-1-3-17-10/h4-5,10,15-16H,1-3,6-7H2/t10-/m1/s1. The number of ether oxygens (including phenoxy) is 1. The van der Waals surface area contributed by atoms with Crippen molar-refractivity contribution < 1.29 is 14.2 Å². The molecule has 0 radical (unpaired) electrons. The summed E-state index contributed by atoms with van der Waals surface area (Å²) in [5.74, 6) is -0.395. The number of aliphatic hydroxyl groups is 1. The molecule has 2 N–H and O–H groups in total. The van der Waals surface area contributed by atoms with Crippen LogP contribution in [0.25, 0.3) is 0 Å². The van der Waals surface area contributed by atoms with Crippen LogP contribution in [0.5, 0.6) is 0 Å². The summed E-state index contributed by atoms with van der Waals surface area (Å²) in [6.45, 7) is 1.08. The Morgan fingerprint density at radius 3 is 3.00 bits per heavy atom. The fourth-order valence-electron chi connectivity index (χ4n) is 1.92. The van der Waals surface area contributed by atoms with E-state index in [1.165, 1.54) is 0 Å². The monoisotopic (exact) mass is 303 g/mol. The number of nitrogens with one attached hydrogen (secondary N) is 1. The number of halogens is 2. The zero-order chi connectivity index (χ0) is 12.3. The average molecular weight is 304 g/mol. The summed E-state index contributed by atoms with van der Waals surface area (Å²) >= 11 is 3.29. The van der Waals surface area contributed by atoms with Crippen LogP contribution in [-0.2, 0) is 11.3 Å². The Hall–Kier alpha value is -0.650. The summed E-state index contributed by atoms with van der Waals surface area (Å²) in [5, 5.41) is 12.1. The lowest BCUT2D eigenvalue weighted by molar-refractivity contribution is 0.120. The van der Waals surface area contributed by atoms with E-state index in [1.54, 1.807) is 12.1 Å². The Morgan fingerprint density at radius 2 is 2.35 bits per heavy atom. The van der Waals surface area contributed by atoms with Crippen molar-refractivity contribution in [3.63, 3.8) is 0 Å². The van der Waals surface area contributed by atoms with Gasteiger partial charge in [0.15, 0.2) is 5.82 Å². The second-order valence-electron chi connectivity index (χ2n) is 4.10. The molecule has 0 aromatic heterocycles. The van der Waals surface area contributed by atoms with Gasteiger partial charge >= 0.3 is 0 Å². The van der Waals surface area contributed by atoms with Crippen molar-refractivity contribution in [2.75, 3.05) is 18.5 Å². The first-order chi connectivity index (χ1) is 8.20. The number of hydrogen-bond donors (Lipinski definition) is 2. The predicted octanol–water partition coefficient (Wildman–Crippen LogP) is 2.67. The van der Waals surface area contributed by atoms with Gasteiger partial charge in [-0.3, -0.25) is 0 Å². The van der Waals surface area contributed by atoms with E-state index in [0.29, 0.717) is 12.2 Å². The summed E-state index contributed by atoms with van der Waals surface area (Å²) < 4.78 is 20.0. The van der Waals surface area contributed by atoms with Gasteiger partial charge in [0.25, 0.3) is 0 Å². The third-order valence-electron chi connectivity index (χ3n) is 2.83. The van der Waals surface area contributed by atoms with Crippen LogP contribution in [0.4, 0.5) is 10.1 Å². The van der Waals surface area contributed by atoms with Gasteiger partial charge in [0, 0.05) is 23.2 Å². The Morgan fingerprint density at radius 1 is 1.53 bits per heavy atom. The fraction of sp³-hybridized carbons (Fsp3) is 0.500. The van der Waals surface area contributed by atoms with Gasteiger partial charge in [0.2, 0.25) is 0 Å². The van der Waals surface area contributed by atoms with Crippen molar-refractivity contribution in [2.24, 2.45) is 0 Å². The zero-order valence-electron chi connectivity index (χ0n) is 9.38. The SMILES string of the molecule is OCc1cc(Br)cc(NC[C@H]2CCCO2)c1F. The van der Waals surface area contributed by atoms with Gasteiger partial charge < -0.3 is 15.2 Å². The molecular formula is C12H15BrFNO2. The quantitative estimate of drug-likeness (QED) is 0.898. The minimum Gasteiger partial charge on any atom is -0.392 e. The van der Waals surface area contributed by atoms with Crippen LogP contribution in [0.15, 0.2) is 16.6 Å². The molecule has 1 atom stereocenters. The van der Waals surface area contributed by atoms with E-state index in [-0.39, 0.29) is 18.3 Å². The molecule has 1 saturated heterocycles. The molecule has 1 aromatic rings. The molecule has 2 rings (SSSR count). The van der Waals surface area contributed by atoms with Crippen LogP contribution in [0, 0.1) is 5.82 Å². The maximum Gasteiger partial charge on any atom is 0.151 e. The molecule has 1 aliphatic heterocycles. The Labute approximate surface area is 108 Å². The van der Waals surface area contributed by atoms with Crippen molar-refractivity contribution in [3.05, 3.63) is 28.0 Å². The van der Waals surface area contributed by atoms with E-state index in [9.17, 15) is 4.39 Å². The fourth-order valence-corrected chi connectivity index (χ4v) is 2.42. The normalized spacial score (nSPS) is 19.6. The van der Waals surface area contributed by atoms with Gasteiger partial charge in [-0.2, -0.15) is 0 Å². The first-order valence-corrected chi connectivity index (χ1v) is 6.44. The van der Waals surface area contributed by atoms with Crippen LogP contribution in [0.1, 0.15) is 18.4 Å². The van der Waals surface area contributed by atoms with Crippen LogP contribution in [0.2, 0.25) is 0 Å². The predicted molar refractivity (Wildman–Crippen MR) is 67.5 cm³/mol. The highest BCUT2D eigenvalue weighted by Crippen LogP contribution is 2.25. The molecule has 0 unspecified atom stereocenters. The zero-order valence-corrected chi connectivity index (χ0v) is 11.0. The highest BCUT2D eigenvalue weighted by molar-refractivity contribution is 9.10. The Kier molecular flexibility index (Phi) is 4.36. The third-order valence-corrected chi connectivity index (χ3v) is 3.29. The summed E-state index contributed by atoms with van der Waals surface area (Å²) in [6.07, 6.45) is 2.23. The molecule has 0 aliphatic carbocycles. The molecule has 0 bridgehead atoms. The highest BCUT2D eigenvalue weighted by atomic mass is 79.9. The molecule has 1 aliphatic rings. The van der Waals surface area contributed by atoms with E-state index >= 15 is 0 Å². The maximum absolute atomic E-state index is 13.8. The molecule has 0 amide bonds. The second-order valence-corrected chi connectivity index (χ2v) is 5.02. The lowest BCUT2D eigenvalue weighted by Crippen LogP contribution is -2.19. The first-order valence-electron chi connectivity index (χ1n) is 5.65. The number of benzene rings is 1. The van der Waals surface area contributed by atoms with E-state index in [1.807, 2.05) is 0 Å². The van der Waals surface area contributed by atoms with Gasteiger partial charge in [-0.15, -0.1) is 0 Å². The molecule has 1 aromatic carbocycles. The van der Waals surface area contributed by atoms with E-state index in [2.05, 4.69) is 21.2 Å². The molecule has 5 heteroatoms. The van der Waals surface area contributed by atoms with Crippen LogP contribution in [0.3, 0.4) is 0 Å². The molecule has 0 spiro atoms. The maximum atomic E-state index is 13.8. The Balaban J connectivity index is 2.06. The van der Waals surface area contributed by atoms with Gasteiger partial charge in [-0.05, 0) is 25.0 Å². The third kappa shape index (κ3) is 3.18. The van der Waals surface area contributed by atoms with Gasteiger partial charge in [0.05, 0.1) is 18.4 Å². The minimum atomic E-state index is -0.395. The minimum absolute atomic E-state index is 0.158. The number of rotatable bonds is 4. The number of aliphatic hydroxyl groups excluding tert-OH is 1. The average Bonchev–Trinajstić information content (AvgIpc) is 2.82. The molecular weight excluding hydrogens is 289 g/mol. The van der Waals surface area contributed by atoms with E-state index in [0.717, 1.165) is 23.9 Å². The summed E-state index contributed by atoms with van der Waals surface area (Å²) in [4.78, 5) is 0. The molecule has 3 nitrogen and oxygen atoms in total. The Bertz CT molecular complexity index is 394. The lowest BCUT2D eigenvalue weighted by atomic mass is 10.2. The van der Waals surface area contributed by atoms with Crippen LogP contribution < -0.4 is 5.32 Å². The molecule has 94 valence electrons. The van der Waals surface area contributed by atoms with Crippen molar-refractivity contribution in [1.29, 1.82) is 0 Å². The van der Waals surface area contributed by atoms with Crippen molar-refractivity contribution in [2.45, 2.75) is 25.6 Å². The topological polar surface area (TPSA) is 41.5 Å². The molecule has 1 fully saturated rings. The number of anilines is 1. The first kappa shape index (κ1) is 12.8. The second kappa shape index (κ2) is 5.80. The summed E-state index contributed by atoms with van der Waals surface area (Å²) in [5.41, 5.74) is 0.688. The van der Waals surface area contributed by atoms with Crippen LogP contribution >= 0.6 is 15.9 Å². The molecule has 17 heavy (non-hydrogen) atoms. The van der Waals surface area contributed by atoms with E-state index in [4.69, 9.17) is 9.84 Å². The highest BCUT2D eigenvalue weighted by Gasteiger charge is 2.16. The molecule has 0 saturated carbocycles. The van der Waals surface area contributed by atoms with Gasteiger partial charge in [0.1, 0.15) is 0 Å². The van der Waals surface area contributed by atoms with E-state index < -0.39 is 5.82 Å². The van der Waals surface area contributed by atoms with Gasteiger partial charge in [-0.25, -0.2) is 4.39 Å². The van der Waals surface area contributed by atoms with Crippen molar-refractivity contribution >= 4 is 21.6 Å². The molecule has 1 heterocycles. The van der Waals surface area contributed by atoms with Crippen molar-refractivity contribution in [1.82, 2.24) is 0 Å². The van der Waals surface area contributed by atoms with Gasteiger partial charge in [-0.1, -0.05) is 15.9 Å². The summed E-state index contributed by atoms with van der Waals surface area (Å²) in [7, 11) is 0. The largest absolute Gasteiger partial charge is 0.392 e. The number of hydrogen-bond acceptors (Lipinski definition) is 3. The summed E-state index contributed by atoms with van der Waals surface area (Å²) in [6, 6.07) is 3.25.